The lowest BCUT2D eigenvalue weighted by Crippen LogP contribution is -2.38. The number of ether oxygens (including phenoxy) is 1. The second-order valence-corrected chi connectivity index (χ2v) is 7.33. The molecule has 8 heteroatoms. The molecular weight excluding hydrogens is 495 g/mol. The Balaban J connectivity index is 0.00000320. The van der Waals surface area contributed by atoms with E-state index in [0.717, 1.165) is 48.3 Å². The maximum atomic E-state index is 11.8. The minimum Gasteiger partial charge on any atom is -0.490 e. The lowest BCUT2D eigenvalue weighted by molar-refractivity contribution is -0.121. The second-order valence-electron chi connectivity index (χ2n) is 7.33. The number of carbonyl (C=O) groups excluding carboxylic acids is 1. The van der Waals surface area contributed by atoms with Crippen LogP contribution in [0.5, 0.6) is 5.75 Å². The van der Waals surface area contributed by atoms with E-state index in [4.69, 9.17) is 9.15 Å². The number of amides is 1. The van der Waals surface area contributed by atoms with Crippen molar-refractivity contribution in [2.24, 2.45) is 4.99 Å². The van der Waals surface area contributed by atoms with E-state index >= 15 is 0 Å². The molecule has 1 atom stereocenters. The van der Waals surface area contributed by atoms with Gasteiger partial charge in [0.15, 0.2) is 17.3 Å². The summed E-state index contributed by atoms with van der Waals surface area (Å²) in [5.74, 6) is 2.42. The van der Waals surface area contributed by atoms with Crippen LogP contribution in [0.4, 0.5) is 0 Å². The molecule has 3 N–H and O–H groups in total. The van der Waals surface area contributed by atoms with Gasteiger partial charge in [-0.25, -0.2) is 0 Å². The Morgan fingerprint density at radius 1 is 1.33 bits per heavy atom. The highest BCUT2D eigenvalue weighted by Gasteiger charge is 2.22. The van der Waals surface area contributed by atoms with Crippen LogP contribution in [0, 0.1) is 0 Å². The summed E-state index contributed by atoms with van der Waals surface area (Å²) in [4.78, 5) is 16.4. The van der Waals surface area contributed by atoms with E-state index in [1.165, 1.54) is 0 Å². The Morgan fingerprint density at radius 3 is 2.83 bits per heavy atom. The summed E-state index contributed by atoms with van der Waals surface area (Å²) in [5, 5.41) is 10.7. The summed E-state index contributed by atoms with van der Waals surface area (Å²) >= 11 is 0. The Labute approximate surface area is 195 Å². The third-order valence-electron chi connectivity index (χ3n) is 4.73. The zero-order valence-corrected chi connectivity index (χ0v) is 20.3. The topological polar surface area (TPSA) is 87.9 Å². The van der Waals surface area contributed by atoms with Gasteiger partial charge in [0, 0.05) is 30.9 Å². The van der Waals surface area contributed by atoms with Gasteiger partial charge in [-0.05, 0) is 52.2 Å². The third-order valence-corrected chi connectivity index (χ3v) is 4.73. The van der Waals surface area contributed by atoms with Gasteiger partial charge in [0.05, 0.1) is 12.6 Å². The molecule has 3 rings (SSSR count). The zero-order chi connectivity index (χ0) is 20.6. The van der Waals surface area contributed by atoms with Gasteiger partial charge < -0.3 is 25.1 Å². The van der Waals surface area contributed by atoms with Crippen molar-refractivity contribution in [1.82, 2.24) is 16.0 Å². The maximum Gasteiger partial charge on any atom is 0.220 e. The summed E-state index contributed by atoms with van der Waals surface area (Å²) in [6.07, 6.45) is 3.47. The average molecular weight is 528 g/mol. The molecule has 1 saturated carbocycles. The summed E-state index contributed by atoms with van der Waals surface area (Å²) in [7, 11) is 0. The highest BCUT2D eigenvalue weighted by Crippen LogP contribution is 2.31. The molecule has 2 aromatic rings. The van der Waals surface area contributed by atoms with Gasteiger partial charge in [0.25, 0.3) is 0 Å². The van der Waals surface area contributed by atoms with E-state index in [0.29, 0.717) is 31.6 Å². The molecule has 1 amide bonds. The molecule has 0 spiro atoms. The minimum atomic E-state index is -0.0622. The van der Waals surface area contributed by atoms with Gasteiger partial charge >= 0.3 is 0 Å². The number of benzene rings is 1. The fourth-order valence-electron chi connectivity index (χ4n) is 3.09. The molecule has 1 aliphatic rings. The van der Waals surface area contributed by atoms with Gasteiger partial charge in [-0.3, -0.25) is 9.79 Å². The van der Waals surface area contributed by atoms with E-state index in [1.807, 2.05) is 45.0 Å². The number of hydrogen-bond acceptors (Lipinski definition) is 4. The molecule has 0 bridgehead atoms. The van der Waals surface area contributed by atoms with Crippen molar-refractivity contribution in [3.63, 3.8) is 0 Å². The van der Waals surface area contributed by atoms with Crippen molar-refractivity contribution in [2.45, 2.75) is 58.5 Å². The SMILES string of the molecule is CCNC(=NCCCC(=O)NC1CC1)NC(C)c1cc2cccc(OCC)c2o1.I. The maximum absolute atomic E-state index is 11.8. The van der Waals surface area contributed by atoms with Gasteiger partial charge in [0.1, 0.15) is 5.76 Å². The number of fused-ring (bicyclic) bond motifs is 1. The first-order chi connectivity index (χ1) is 14.1. The zero-order valence-electron chi connectivity index (χ0n) is 18.0. The summed E-state index contributed by atoms with van der Waals surface area (Å²) < 4.78 is 11.7. The van der Waals surface area contributed by atoms with Gasteiger partial charge in [-0.1, -0.05) is 12.1 Å². The molecule has 166 valence electrons. The Kier molecular flexibility index (Phi) is 9.74. The molecule has 7 nitrogen and oxygen atoms in total. The summed E-state index contributed by atoms with van der Waals surface area (Å²) in [6.45, 7) is 7.97. The number of nitrogens with zero attached hydrogens (tertiary/aromatic N) is 1. The normalized spacial score (nSPS) is 14.7. The second kappa shape index (κ2) is 12.0. The highest BCUT2D eigenvalue weighted by atomic mass is 127. The number of rotatable bonds is 10. The van der Waals surface area contributed by atoms with Gasteiger partial charge in [-0.15, -0.1) is 24.0 Å². The molecular formula is C22H33IN4O3. The van der Waals surface area contributed by atoms with Crippen molar-refractivity contribution in [3.8, 4) is 5.75 Å². The fraction of sp³-hybridized carbons (Fsp3) is 0.545. The molecule has 1 aromatic heterocycles. The average Bonchev–Trinajstić information content (AvgIpc) is 3.39. The first kappa shape index (κ1) is 24.3. The number of aliphatic imine (C=N–C) groups is 1. The predicted molar refractivity (Wildman–Crippen MR) is 131 cm³/mol. The van der Waals surface area contributed by atoms with Crippen molar-refractivity contribution in [2.75, 3.05) is 19.7 Å². The van der Waals surface area contributed by atoms with Gasteiger partial charge in [-0.2, -0.15) is 0 Å². The Hall–Kier alpha value is -1.97. The van der Waals surface area contributed by atoms with E-state index in [1.54, 1.807) is 0 Å². The van der Waals surface area contributed by atoms with Gasteiger partial charge in [0.2, 0.25) is 5.91 Å². The monoisotopic (exact) mass is 528 g/mol. The molecule has 0 saturated heterocycles. The molecule has 1 fully saturated rings. The van der Waals surface area contributed by atoms with Crippen LogP contribution in [0.3, 0.4) is 0 Å². The fourth-order valence-corrected chi connectivity index (χ4v) is 3.09. The molecule has 1 heterocycles. The molecule has 30 heavy (non-hydrogen) atoms. The van der Waals surface area contributed by atoms with E-state index < -0.39 is 0 Å². The third kappa shape index (κ3) is 7.07. The number of furan rings is 1. The van der Waals surface area contributed by atoms with E-state index in [-0.39, 0.29) is 35.9 Å². The first-order valence-corrected chi connectivity index (χ1v) is 10.6. The van der Waals surface area contributed by atoms with Crippen molar-refractivity contribution in [3.05, 3.63) is 30.0 Å². The molecule has 1 unspecified atom stereocenters. The Bertz CT molecular complexity index is 848. The van der Waals surface area contributed by atoms with Crippen LogP contribution in [0.1, 0.15) is 58.3 Å². The first-order valence-electron chi connectivity index (χ1n) is 10.6. The number of halogens is 1. The number of para-hydroxylation sites is 1. The smallest absolute Gasteiger partial charge is 0.220 e. The lowest BCUT2D eigenvalue weighted by atomic mass is 10.2. The van der Waals surface area contributed by atoms with Crippen LogP contribution in [0.25, 0.3) is 11.0 Å². The molecule has 0 radical (unpaired) electrons. The number of carbonyl (C=O) groups is 1. The molecule has 1 aromatic carbocycles. The summed E-state index contributed by atoms with van der Waals surface area (Å²) in [5.41, 5.74) is 0.765. The van der Waals surface area contributed by atoms with Crippen LogP contribution < -0.4 is 20.7 Å². The largest absolute Gasteiger partial charge is 0.490 e. The van der Waals surface area contributed by atoms with Crippen LogP contribution >= 0.6 is 24.0 Å². The van der Waals surface area contributed by atoms with E-state index in [2.05, 4.69) is 20.9 Å². The number of nitrogens with one attached hydrogen (secondary N) is 3. The van der Waals surface area contributed by atoms with Crippen LogP contribution in [-0.4, -0.2) is 37.6 Å². The standard InChI is InChI=1S/C22H32N4O3.HI/c1-4-23-22(24-13-7-10-20(27)26-17-11-12-17)25-15(3)19-14-16-8-6-9-18(28-5-2)21(16)29-19;/h6,8-9,14-15,17H,4-5,7,10-13H2,1-3H3,(H,26,27)(H2,23,24,25);1H. The Morgan fingerprint density at radius 2 is 2.13 bits per heavy atom. The van der Waals surface area contributed by atoms with Crippen LogP contribution in [-0.2, 0) is 4.79 Å². The van der Waals surface area contributed by atoms with Crippen molar-refractivity contribution >= 4 is 46.8 Å². The molecule has 1 aliphatic carbocycles. The van der Waals surface area contributed by atoms with Crippen molar-refractivity contribution in [1.29, 1.82) is 0 Å². The van der Waals surface area contributed by atoms with Crippen LogP contribution in [0.2, 0.25) is 0 Å². The predicted octanol–water partition coefficient (Wildman–Crippen LogP) is 4.12. The minimum absolute atomic E-state index is 0. The summed E-state index contributed by atoms with van der Waals surface area (Å²) in [6, 6.07) is 8.29. The lowest BCUT2D eigenvalue weighted by Gasteiger charge is -2.16. The van der Waals surface area contributed by atoms with Crippen molar-refractivity contribution < 1.29 is 13.9 Å². The number of hydrogen-bond donors (Lipinski definition) is 3. The highest BCUT2D eigenvalue weighted by molar-refractivity contribution is 14.0. The quantitative estimate of drug-likeness (QED) is 0.187. The van der Waals surface area contributed by atoms with Crippen LogP contribution in [0.15, 0.2) is 33.7 Å². The molecule has 0 aliphatic heterocycles. The number of guanidine groups is 1. The van der Waals surface area contributed by atoms with E-state index in [9.17, 15) is 4.79 Å².